The van der Waals surface area contributed by atoms with Crippen molar-refractivity contribution in [3.05, 3.63) is 83.9 Å². The number of fused-ring (bicyclic) bond motifs is 1. The van der Waals surface area contributed by atoms with E-state index in [0.717, 1.165) is 11.1 Å². The monoisotopic (exact) mass is 460 g/mol. The SMILES string of the molecule is CC[C@]1(OB(O)c2ccccc2)Cc2c(OC)ccc(OC)c2[C@@H](OB(O)c2ccccc2)C1. The van der Waals surface area contributed by atoms with Crippen LogP contribution in [-0.2, 0) is 15.7 Å². The predicted molar refractivity (Wildman–Crippen MR) is 134 cm³/mol. The highest BCUT2D eigenvalue weighted by atomic mass is 16.5. The molecule has 6 nitrogen and oxygen atoms in total. The van der Waals surface area contributed by atoms with Crippen molar-refractivity contribution in [2.45, 2.75) is 37.9 Å². The lowest BCUT2D eigenvalue weighted by molar-refractivity contribution is -0.0132. The van der Waals surface area contributed by atoms with Gasteiger partial charge in [0.05, 0.1) is 25.9 Å². The zero-order chi connectivity index (χ0) is 24.1. The lowest BCUT2D eigenvalue weighted by atomic mass is 9.71. The average Bonchev–Trinajstić information content (AvgIpc) is 2.89. The van der Waals surface area contributed by atoms with Crippen LogP contribution in [0.25, 0.3) is 0 Å². The molecular weight excluding hydrogens is 430 g/mol. The van der Waals surface area contributed by atoms with Crippen molar-refractivity contribution < 1.29 is 28.8 Å². The lowest BCUT2D eigenvalue weighted by Gasteiger charge is -2.43. The van der Waals surface area contributed by atoms with Gasteiger partial charge in [-0.05, 0) is 29.5 Å². The van der Waals surface area contributed by atoms with Gasteiger partial charge in [0.2, 0.25) is 0 Å². The summed E-state index contributed by atoms with van der Waals surface area (Å²) in [5.74, 6) is 1.35. The van der Waals surface area contributed by atoms with Gasteiger partial charge in [0.15, 0.2) is 0 Å². The van der Waals surface area contributed by atoms with Crippen LogP contribution in [0.2, 0.25) is 0 Å². The summed E-state index contributed by atoms with van der Waals surface area (Å²) >= 11 is 0. The number of rotatable bonds is 9. The molecule has 0 spiro atoms. The molecule has 3 aromatic carbocycles. The summed E-state index contributed by atoms with van der Waals surface area (Å²) in [6.45, 7) is 2.03. The van der Waals surface area contributed by atoms with Gasteiger partial charge in [-0.2, -0.15) is 0 Å². The Bertz CT molecular complexity index is 1080. The molecule has 1 aliphatic carbocycles. The van der Waals surface area contributed by atoms with Crippen molar-refractivity contribution in [2.24, 2.45) is 0 Å². The maximum atomic E-state index is 10.9. The largest absolute Gasteiger partial charge is 0.496 e. The summed E-state index contributed by atoms with van der Waals surface area (Å²) in [6, 6.07) is 22.3. The first-order valence-electron chi connectivity index (χ1n) is 11.5. The summed E-state index contributed by atoms with van der Waals surface area (Å²) in [6.07, 6.45) is 1.00. The minimum Gasteiger partial charge on any atom is -0.496 e. The second-order valence-corrected chi connectivity index (χ2v) is 8.55. The zero-order valence-electron chi connectivity index (χ0n) is 19.8. The van der Waals surface area contributed by atoms with Gasteiger partial charge < -0.3 is 28.8 Å². The minimum atomic E-state index is -1.14. The van der Waals surface area contributed by atoms with Gasteiger partial charge in [0.25, 0.3) is 0 Å². The number of methoxy groups -OCH3 is 2. The first kappa shape index (κ1) is 24.4. The highest BCUT2D eigenvalue weighted by molar-refractivity contribution is 6.60. The smallest absolute Gasteiger partial charge is 0.491 e. The highest BCUT2D eigenvalue weighted by Crippen LogP contribution is 2.48. The van der Waals surface area contributed by atoms with Gasteiger partial charge in [-0.3, -0.25) is 0 Å². The molecule has 0 fully saturated rings. The summed E-state index contributed by atoms with van der Waals surface area (Å²) in [4.78, 5) is 0. The molecule has 4 rings (SSSR count). The van der Waals surface area contributed by atoms with Crippen LogP contribution in [0.5, 0.6) is 11.5 Å². The van der Waals surface area contributed by atoms with E-state index >= 15 is 0 Å². The van der Waals surface area contributed by atoms with E-state index in [1.165, 1.54) is 0 Å². The maximum Gasteiger partial charge on any atom is 0.491 e. The van der Waals surface area contributed by atoms with E-state index in [0.29, 0.717) is 41.7 Å². The van der Waals surface area contributed by atoms with E-state index < -0.39 is 25.9 Å². The molecule has 0 aliphatic heterocycles. The van der Waals surface area contributed by atoms with Gasteiger partial charge in [0, 0.05) is 24.0 Å². The van der Waals surface area contributed by atoms with Crippen LogP contribution < -0.4 is 20.4 Å². The summed E-state index contributed by atoms with van der Waals surface area (Å²) in [5, 5.41) is 21.8. The van der Waals surface area contributed by atoms with E-state index in [4.69, 9.17) is 18.8 Å². The normalized spacial score (nSPS) is 19.3. The average molecular weight is 460 g/mol. The van der Waals surface area contributed by atoms with Crippen molar-refractivity contribution in [3.63, 3.8) is 0 Å². The molecule has 8 heteroatoms. The number of benzene rings is 3. The fraction of sp³-hybridized carbons (Fsp3) is 0.308. The van der Waals surface area contributed by atoms with E-state index in [1.807, 2.05) is 79.7 Å². The molecular formula is C26H30B2O6. The fourth-order valence-electron chi connectivity index (χ4n) is 4.70. The Kier molecular flexibility index (Phi) is 7.63. The molecule has 0 unspecified atom stereocenters. The van der Waals surface area contributed by atoms with Crippen molar-refractivity contribution in [3.8, 4) is 11.5 Å². The van der Waals surface area contributed by atoms with E-state index in [1.54, 1.807) is 14.2 Å². The standard InChI is InChI=1S/C26H30B2O6/c1-4-26(34-28(30)20-13-9-6-10-14-20)17-21-22(31-2)15-16-23(32-3)25(21)24(18-26)33-27(29)19-11-7-5-8-12-19/h5-16,24,29-30H,4,17-18H2,1-3H3/t24-,26-/m0/s1. The Morgan fingerprint density at radius 3 is 1.94 bits per heavy atom. The van der Waals surface area contributed by atoms with E-state index in [2.05, 4.69) is 0 Å². The predicted octanol–water partition coefficient (Wildman–Crippen LogP) is 2.65. The molecule has 34 heavy (non-hydrogen) atoms. The number of hydrogen-bond acceptors (Lipinski definition) is 6. The van der Waals surface area contributed by atoms with Crippen LogP contribution in [0.15, 0.2) is 72.8 Å². The molecule has 0 heterocycles. The van der Waals surface area contributed by atoms with E-state index in [9.17, 15) is 10.0 Å². The first-order chi connectivity index (χ1) is 16.5. The molecule has 1 aliphatic rings. The first-order valence-corrected chi connectivity index (χ1v) is 11.5. The molecule has 0 aromatic heterocycles. The Morgan fingerprint density at radius 1 is 0.824 bits per heavy atom. The molecule has 0 bridgehead atoms. The molecule has 0 radical (unpaired) electrons. The van der Waals surface area contributed by atoms with Crippen molar-refractivity contribution in [2.75, 3.05) is 14.2 Å². The third kappa shape index (κ3) is 5.00. The molecule has 0 saturated heterocycles. The molecule has 3 aromatic rings. The van der Waals surface area contributed by atoms with Crippen LogP contribution in [0.3, 0.4) is 0 Å². The number of ether oxygens (including phenoxy) is 2. The third-order valence-corrected chi connectivity index (χ3v) is 6.56. The Labute approximate surface area is 201 Å². The Balaban J connectivity index is 1.74. The number of hydrogen-bond donors (Lipinski definition) is 2. The van der Waals surface area contributed by atoms with Gasteiger partial charge in [-0.25, -0.2) is 0 Å². The van der Waals surface area contributed by atoms with Gasteiger partial charge in [-0.1, -0.05) is 67.6 Å². The lowest BCUT2D eigenvalue weighted by Crippen LogP contribution is -2.49. The van der Waals surface area contributed by atoms with Gasteiger partial charge in [-0.15, -0.1) is 0 Å². The Morgan fingerprint density at radius 2 is 1.38 bits per heavy atom. The van der Waals surface area contributed by atoms with Crippen LogP contribution in [-0.4, -0.2) is 44.1 Å². The molecule has 2 N–H and O–H groups in total. The van der Waals surface area contributed by atoms with Crippen LogP contribution in [0.4, 0.5) is 0 Å². The maximum absolute atomic E-state index is 10.9. The molecule has 0 saturated carbocycles. The second-order valence-electron chi connectivity index (χ2n) is 8.55. The zero-order valence-corrected chi connectivity index (χ0v) is 19.8. The second kappa shape index (κ2) is 10.7. The topological polar surface area (TPSA) is 77.4 Å². The minimum absolute atomic E-state index is 0.424. The van der Waals surface area contributed by atoms with Crippen molar-refractivity contribution in [1.29, 1.82) is 0 Å². The van der Waals surface area contributed by atoms with Crippen LogP contribution in [0.1, 0.15) is 37.0 Å². The highest BCUT2D eigenvalue weighted by Gasteiger charge is 2.45. The fourth-order valence-corrected chi connectivity index (χ4v) is 4.70. The quantitative estimate of drug-likeness (QED) is 0.479. The molecule has 2 atom stereocenters. The summed E-state index contributed by atoms with van der Waals surface area (Å²) in [5.41, 5.74) is 2.31. The van der Waals surface area contributed by atoms with E-state index in [-0.39, 0.29) is 0 Å². The van der Waals surface area contributed by atoms with Gasteiger partial charge >= 0.3 is 14.2 Å². The summed E-state index contributed by atoms with van der Waals surface area (Å²) < 4.78 is 24.0. The molecule has 0 amide bonds. The van der Waals surface area contributed by atoms with Crippen molar-refractivity contribution >= 4 is 25.2 Å². The Hall–Kier alpha value is -2.77. The van der Waals surface area contributed by atoms with Crippen LogP contribution in [0, 0.1) is 0 Å². The molecule has 176 valence electrons. The summed E-state index contributed by atoms with van der Waals surface area (Å²) in [7, 11) is 1.00. The van der Waals surface area contributed by atoms with Gasteiger partial charge in [0.1, 0.15) is 11.5 Å². The van der Waals surface area contributed by atoms with Crippen LogP contribution >= 0.6 is 0 Å². The van der Waals surface area contributed by atoms with Crippen molar-refractivity contribution in [1.82, 2.24) is 0 Å². The third-order valence-electron chi connectivity index (χ3n) is 6.56.